The van der Waals surface area contributed by atoms with Gasteiger partial charge in [-0.15, -0.1) is 0 Å². The van der Waals surface area contributed by atoms with Gasteiger partial charge in [0.15, 0.2) is 6.04 Å². The van der Waals surface area contributed by atoms with Crippen LogP contribution in [0.3, 0.4) is 0 Å². The average Bonchev–Trinajstić information content (AvgIpc) is 2.31. The van der Waals surface area contributed by atoms with Gasteiger partial charge >= 0.3 is 18.1 Å². The second-order valence-corrected chi connectivity index (χ2v) is 4.91. The van der Waals surface area contributed by atoms with Crippen LogP contribution in [0.4, 0.5) is 13.2 Å². The Labute approximate surface area is 128 Å². The SMILES string of the molecule is CCN(C(=O)C(F)(F)F)C(C(=O)O)c1cc(Cl)cc(Cl)c1. The number of amides is 1. The highest BCUT2D eigenvalue weighted by molar-refractivity contribution is 6.34. The lowest BCUT2D eigenvalue weighted by molar-refractivity contribution is -0.189. The Bertz CT molecular complexity index is 543. The molecule has 1 N–H and O–H groups in total. The van der Waals surface area contributed by atoms with Crippen molar-refractivity contribution < 1.29 is 27.9 Å². The van der Waals surface area contributed by atoms with Crippen molar-refractivity contribution in [1.29, 1.82) is 0 Å². The number of carboxylic acids is 1. The molecule has 0 aromatic heterocycles. The fourth-order valence-corrected chi connectivity index (χ4v) is 2.34. The molecule has 21 heavy (non-hydrogen) atoms. The van der Waals surface area contributed by atoms with Crippen molar-refractivity contribution in [2.45, 2.75) is 19.1 Å². The molecule has 9 heteroatoms. The van der Waals surface area contributed by atoms with Crippen molar-refractivity contribution in [3.8, 4) is 0 Å². The third-order valence-electron chi connectivity index (χ3n) is 2.59. The van der Waals surface area contributed by atoms with Gasteiger partial charge < -0.3 is 10.0 Å². The summed E-state index contributed by atoms with van der Waals surface area (Å²) in [5.41, 5.74) is -0.112. The molecule has 4 nitrogen and oxygen atoms in total. The van der Waals surface area contributed by atoms with E-state index in [1.807, 2.05) is 0 Å². The number of carbonyl (C=O) groups excluding carboxylic acids is 1. The van der Waals surface area contributed by atoms with E-state index in [9.17, 15) is 27.9 Å². The van der Waals surface area contributed by atoms with Crippen LogP contribution in [0, 0.1) is 0 Å². The van der Waals surface area contributed by atoms with Crippen LogP contribution in [-0.2, 0) is 9.59 Å². The van der Waals surface area contributed by atoms with Crippen LogP contribution in [-0.4, -0.2) is 34.6 Å². The molecule has 1 amide bonds. The number of hydrogen-bond donors (Lipinski definition) is 1. The van der Waals surface area contributed by atoms with E-state index in [0.717, 1.165) is 12.1 Å². The first-order valence-corrected chi connectivity index (χ1v) is 6.40. The molecular weight excluding hydrogens is 334 g/mol. The molecule has 0 spiro atoms. The summed E-state index contributed by atoms with van der Waals surface area (Å²) in [4.78, 5) is 22.9. The Balaban J connectivity index is 3.33. The Morgan fingerprint density at radius 1 is 1.24 bits per heavy atom. The molecule has 1 aromatic rings. The standard InChI is InChI=1S/C12H10Cl2F3NO3/c1-2-18(11(21)12(15,16)17)9(10(19)20)6-3-7(13)5-8(14)4-6/h3-5,9H,2H2,1H3,(H,19,20). The van der Waals surface area contributed by atoms with Crippen molar-refractivity contribution >= 4 is 35.1 Å². The van der Waals surface area contributed by atoms with Crippen LogP contribution in [0.25, 0.3) is 0 Å². The minimum atomic E-state index is -5.17. The fraction of sp³-hybridized carbons (Fsp3) is 0.333. The molecule has 0 bridgehead atoms. The van der Waals surface area contributed by atoms with Crippen molar-refractivity contribution in [1.82, 2.24) is 4.90 Å². The summed E-state index contributed by atoms with van der Waals surface area (Å²) in [7, 11) is 0. The lowest BCUT2D eigenvalue weighted by Crippen LogP contribution is -2.45. The molecule has 0 heterocycles. The lowest BCUT2D eigenvalue weighted by Gasteiger charge is -2.28. The molecule has 1 atom stereocenters. The predicted molar refractivity (Wildman–Crippen MR) is 70.3 cm³/mol. The van der Waals surface area contributed by atoms with Gasteiger partial charge in [0.1, 0.15) is 0 Å². The third kappa shape index (κ3) is 4.25. The molecule has 0 aliphatic carbocycles. The number of halogens is 5. The molecular formula is C12H10Cl2F3NO3. The zero-order valence-electron chi connectivity index (χ0n) is 10.6. The van der Waals surface area contributed by atoms with Crippen molar-refractivity contribution in [3.63, 3.8) is 0 Å². The summed E-state index contributed by atoms with van der Waals surface area (Å²) in [5, 5.41) is 9.29. The average molecular weight is 344 g/mol. The molecule has 0 saturated carbocycles. The molecule has 116 valence electrons. The van der Waals surface area contributed by atoms with E-state index in [1.54, 1.807) is 0 Å². The van der Waals surface area contributed by atoms with Gasteiger partial charge in [0.25, 0.3) is 0 Å². The number of carboxylic acid groups (broad SMARTS) is 1. The van der Waals surface area contributed by atoms with E-state index in [2.05, 4.69) is 0 Å². The number of carbonyl (C=O) groups is 2. The quantitative estimate of drug-likeness (QED) is 0.909. The lowest BCUT2D eigenvalue weighted by atomic mass is 10.1. The number of rotatable bonds is 4. The number of nitrogens with zero attached hydrogens (tertiary/aromatic N) is 1. The van der Waals surface area contributed by atoms with Crippen LogP contribution < -0.4 is 0 Å². The van der Waals surface area contributed by atoms with Crippen molar-refractivity contribution in [2.24, 2.45) is 0 Å². The topological polar surface area (TPSA) is 57.6 Å². The van der Waals surface area contributed by atoms with Crippen LogP contribution >= 0.6 is 23.2 Å². The first-order valence-electron chi connectivity index (χ1n) is 5.64. The van der Waals surface area contributed by atoms with Gasteiger partial charge in [-0.2, -0.15) is 13.2 Å². The molecule has 0 saturated heterocycles. The maximum Gasteiger partial charge on any atom is 0.471 e. The molecule has 1 unspecified atom stereocenters. The highest BCUT2D eigenvalue weighted by Gasteiger charge is 2.46. The number of hydrogen-bond acceptors (Lipinski definition) is 2. The van der Waals surface area contributed by atoms with E-state index in [1.165, 1.54) is 13.0 Å². The van der Waals surface area contributed by atoms with E-state index < -0.39 is 30.6 Å². The van der Waals surface area contributed by atoms with Crippen LogP contribution in [0.1, 0.15) is 18.5 Å². The van der Waals surface area contributed by atoms with E-state index >= 15 is 0 Å². The first kappa shape index (κ1) is 17.6. The highest BCUT2D eigenvalue weighted by atomic mass is 35.5. The molecule has 0 radical (unpaired) electrons. The van der Waals surface area contributed by atoms with Gasteiger partial charge in [-0.3, -0.25) is 4.79 Å². The molecule has 0 aliphatic heterocycles. The van der Waals surface area contributed by atoms with E-state index in [0.29, 0.717) is 0 Å². The second kappa shape index (κ2) is 6.53. The largest absolute Gasteiger partial charge is 0.479 e. The van der Waals surface area contributed by atoms with Crippen LogP contribution in [0.2, 0.25) is 10.0 Å². The number of alkyl halides is 3. The summed E-state index contributed by atoms with van der Waals surface area (Å²) >= 11 is 11.4. The minimum Gasteiger partial charge on any atom is -0.479 e. The van der Waals surface area contributed by atoms with Crippen LogP contribution in [0.15, 0.2) is 18.2 Å². The molecule has 0 aliphatic rings. The minimum absolute atomic E-state index is 0.0549. The Hall–Kier alpha value is -1.47. The van der Waals surface area contributed by atoms with Crippen molar-refractivity contribution in [2.75, 3.05) is 6.54 Å². The second-order valence-electron chi connectivity index (χ2n) is 4.03. The smallest absolute Gasteiger partial charge is 0.471 e. The summed E-state index contributed by atoms with van der Waals surface area (Å²) < 4.78 is 37.6. The Morgan fingerprint density at radius 2 is 1.71 bits per heavy atom. The number of aliphatic carboxylic acids is 1. The van der Waals surface area contributed by atoms with Gasteiger partial charge in [0.2, 0.25) is 0 Å². The Morgan fingerprint density at radius 3 is 2.05 bits per heavy atom. The van der Waals surface area contributed by atoms with Gasteiger partial charge in [-0.1, -0.05) is 23.2 Å². The fourth-order valence-electron chi connectivity index (χ4n) is 1.80. The van der Waals surface area contributed by atoms with E-state index in [4.69, 9.17) is 23.2 Å². The summed E-state index contributed by atoms with van der Waals surface area (Å²) in [5.74, 6) is -3.86. The van der Waals surface area contributed by atoms with Gasteiger partial charge in [0.05, 0.1) is 0 Å². The Kier molecular flexibility index (Phi) is 5.47. The summed E-state index contributed by atoms with van der Waals surface area (Å²) in [6.45, 7) is 0.797. The van der Waals surface area contributed by atoms with Crippen molar-refractivity contribution in [3.05, 3.63) is 33.8 Å². The summed E-state index contributed by atoms with van der Waals surface area (Å²) in [6.07, 6.45) is -5.17. The highest BCUT2D eigenvalue weighted by Crippen LogP contribution is 2.30. The third-order valence-corrected chi connectivity index (χ3v) is 3.03. The zero-order valence-corrected chi connectivity index (χ0v) is 12.1. The molecule has 1 aromatic carbocycles. The van der Waals surface area contributed by atoms with Gasteiger partial charge in [0, 0.05) is 16.6 Å². The maximum absolute atomic E-state index is 12.5. The molecule has 1 rings (SSSR count). The number of benzene rings is 1. The van der Waals surface area contributed by atoms with Gasteiger partial charge in [-0.05, 0) is 30.7 Å². The summed E-state index contributed by atoms with van der Waals surface area (Å²) in [6, 6.07) is 1.77. The zero-order chi connectivity index (χ0) is 16.4. The number of likely N-dealkylation sites (N-methyl/N-ethyl adjacent to an activating group) is 1. The maximum atomic E-state index is 12.5. The van der Waals surface area contributed by atoms with Gasteiger partial charge in [-0.25, -0.2) is 4.79 Å². The predicted octanol–water partition coefficient (Wildman–Crippen LogP) is 3.53. The monoisotopic (exact) mass is 343 g/mol. The van der Waals surface area contributed by atoms with E-state index in [-0.39, 0.29) is 20.5 Å². The normalized spacial score (nSPS) is 12.9. The molecule has 0 fully saturated rings. The first-order chi connectivity index (χ1) is 9.57. The van der Waals surface area contributed by atoms with Crippen LogP contribution in [0.5, 0.6) is 0 Å².